The molecule has 0 saturated heterocycles. The van der Waals surface area contributed by atoms with Gasteiger partial charge in [-0.15, -0.1) is 0 Å². The van der Waals surface area contributed by atoms with Crippen molar-refractivity contribution in [3.8, 4) is 0 Å². The number of hydrogen-bond donors (Lipinski definition) is 4. The Bertz CT molecular complexity index is 443. The van der Waals surface area contributed by atoms with Gasteiger partial charge in [0.15, 0.2) is 0 Å². The summed E-state index contributed by atoms with van der Waals surface area (Å²) in [5.74, 6) is 0. The number of nitrogens with one attached hydrogen (secondary N) is 1. The molecule has 0 bridgehead atoms. The van der Waals surface area contributed by atoms with E-state index in [0.29, 0.717) is 13.1 Å². The van der Waals surface area contributed by atoms with Gasteiger partial charge >= 0.3 is 0 Å². The van der Waals surface area contributed by atoms with E-state index in [1.807, 2.05) is 11.8 Å². The van der Waals surface area contributed by atoms with Crippen LogP contribution in [0.25, 0.3) is 0 Å². The first kappa shape index (κ1) is 19.4. The van der Waals surface area contributed by atoms with Crippen LogP contribution < -0.4 is 4.90 Å². The monoisotopic (exact) mass is 328 g/mol. The molecule has 0 aromatic rings. The predicted molar refractivity (Wildman–Crippen MR) is 74.9 cm³/mol. The molecule has 0 radical (unpaired) electrons. The smallest absolute Gasteiger partial charge is 0.276 e. The Morgan fingerprint density at radius 3 is 2.35 bits per heavy atom. The van der Waals surface area contributed by atoms with E-state index >= 15 is 0 Å². The van der Waals surface area contributed by atoms with E-state index in [9.17, 15) is 0 Å². The van der Waals surface area contributed by atoms with Crippen LogP contribution >= 0.6 is 12.2 Å². The first-order valence-corrected chi connectivity index (χ1v) is 7.64. The van der Waals surface area contributed by atoms with Gasteiger partial charge in [-0.25, -0.2) is 13.3 Å². The van der Waals surface area contributed by atoms with Crippen LogP contribution in [-0.2, 0) is 10.4 Å². The van der Waals surface area contributed by atoms with Gasteiger partial charge in [-0.05, 0) is 13.0 Å². The Morgan fingerprint density at radius 1 is 1.45 bits per heavy atom. The summed E-state index contributed by atoms with van der Waals surface area (Å²) in [6, 6.07) is 0.229. The van der Waals surface area contributed by atoms with Crippen molar-refractivity contribution in [1.29, 1.82) is 0 Å². The molecule has 0 fully saturated rings. The fraction of sp³-hybridized carbons (Fsp3) is 0.700. The lowest BCUT2D eigenvalue weighted by Crippen LogP contribution is -3.15. The van der Waals surface area contributed by atoms with Crippen LogP contribution in [0.1, 0.15) is 13.8 Å². The summed E-state index contributed by atoms with van der Waals surface area (Å²) >= 11 is 5.36. The van der Waals surface area contributed by atoms with Crippen molar-refractivity contribution in [1.82, 2.24) is 4.90 Å². The first-order chi connectivity index (χ1) is 9.11. The molecule has 1 rings (SSSR count). The van der Waals surface area contributed by atoms with Gasteiger partial charge in [0.1, 0.15) is 12.2 Å². The van der Waals surface area contributed by atoms with Crippen LogP contribution in [0.5, 0.6) is 0 Å². The molecular weight excluding hydrogens is 308 g/mol. The third kappa shape index (κ3) is 7.24. The van der Waals surface area contributed by atoms with Gasteiger partial charge in [0.25, 0.3) is 5.11 Å². The number of rotatable bonds is 4. The average molecular weight is 328 g/mol. The Balaban J connectivity index is 0.000000621. The fourth-order valence-electron chi connectivity index (χ4n) is 1.91. The van der Waals surface area contributed by atoms with Crippen LogP contribution in [0.3, 0.4) is 0 Å². The van der Waals surface area contributed by atoms with Crippen LogP contribution in [0.2, 0.25) is 0 Å². The molecule has 4 N–H and O–H groups in total. The van der Waals surface area contributed by atoms with Gasteiger partial charge in [0, 0.05) is 25.7 Å². The molecule has 1 aliphatic rings. The highest BCUT2D eigenvalue weighted by molar-refractivity contribution is 7.80. The molecule has 0 aromatic carbocycles. The molecule has 8 nitrogen and oxygen atoms in total. The molecule has 2 atom stereocenters. The van der Waals surface area contributed by atoms with Crippen molar-refractivity contribution in [3.05, 3.63) is 11.8 Å². The van der Waals surface area contributed by atoms with E-state index in [1.54, 1.807) is 0 Å². The summed E-state index contributed by atoms with van der Waals surface area (Å²) in [4.78, 5) is 3.02. The Hall–Kier alpha value is -0.620. The van der Waals surface area contributed by atoms with Gasteiger partial charge in [0.05, 0.1) is 19.3 Å². The highest BCUT2D eigenvalue weighted by Gasteiger charge is 2.31. The van der Waals surface area contributed by atoms with Crippen LogP contribution in [0.4, 0.5) is 0 Å². The van der Waals surface area contributed by atoms with E-state index in [-0.39, 0.29) is 19.3 Å². The molecule has 0 amide bonds. The number of aliphatic hydroxyl groups excluding tert-OH is 2. The van der Waals surface area contributed by atoms with Gasteiger partial charge in [-0.1, -0.05) is 0 Å². The molecule has 0 saturated carbocycles. The largest absolute Gasteiger partial charge is 0.726 e. The zero-order valence-electron chi connectivity index (χ0n) is 11.3. The van der Waals surface area contributed by atoms with Crippen molar-refractivity contribution in [2.75, 3.05) is 26.3 Å². The number of nitrogens with zero attached hydrogens (tertiary/aromatic N) is 1. The van der Waals surface area contributed by atoms with E-state index in [0.717, 1.165) is 15.7 Å². The fourth-order valence-corrected chi connectivity index (χ4v) is 2.43. The Labute approximate surface area is 123 Å². The summed E-state index contributed by atoms with van der Waals surface area (Å²) in [5, 5.41) is 18.7. The minimum atomic E-state index is -4.92. The standard InChI is InChI=1S/C10H18N2O2S.H2O4S/c1-8-7-9(2)12(4-6-14)10(15)11(8)3-5-13;1-5(2,3)4/h7-8,13-14H,3-6H2,1-2H3;(H2,1,2,3,4). The first-order valence-electron chi connectivity index (χ1n) is 5.87. The second-order valence-electron chi connectivity index (χ2n) is 4.19. The summed E-state index contributed by atoms with van der Waals surface area (Å²) in [5.41, 5.74) is 1.15. The molecule has 118 valence electrons. The predicted octanol–water partition coefficient (Wildman–Crippen LogP) is -2.25. The van der Waals surface area contributed by atoms with Gasteiger partial charge < -0.3 is 19.7 Å². The minimum Gasteiger partial charge on any atom is -0.726 e. The van der Waals surface area contributed by atoms with E-state index in [1.165, 1.54) is 0 Å². The maximum Gasteiger partial charge on any atom is 0.276 e. The van der Waals surface area contributed by atoms with Crippen LogP contribution in [0, 0.1) is 0 Å². The average Bonchev–Trinajstić information content (AvgIpc) is 2.28. The summed E-state index contributed by atoms with van der Waals surface area (Å²) in [6.45, 7) is 5.44. The molecule has 10 heteroatoms. The van der Waals surface area contributed by atoms with Crippen molar-refractivity contribution >= 4 is 27.7 Å². The third-order valence-electron chi connectivity index (χ3n) is 2.68. The Kier molecular flexibility index (Phi) is 8.35. The zero-order chi connectivity index (χ0) is 15.9. The van der Waals surface area contributed by atoms with Crippen LogP contribution in [0.15, 0.2) is 11.8 Å². The summed E-state index contributed by atoms with van der Waals surface area (Å²) in [6.07, 6.45) is 2.12. The Morgan fingerprint density at radius 2 is 1.95 bits per heavy atom. The maximum atomic E-state index is 8.96. The lowest BCUT2D eigenvalue weighted by molar-refractivity contribution is -0.769. The quantitative estimate of drug-likeness (QED) is 0.259. The normalized spacial score (nSPS) is 23.0. The van der Waals surface area contributed by atoms with Crippen molar-refractivity contribution in [2.45, 2.75) is 19.9 Å². The molecule has 0 aliphatic carbocycles. The minimum absolute atomic E-state index is 0.101. The lowest BCUT2D eigenvalue weighted by Gasteiger charge is -2.36. The van der Waals surface area contributed by atoms with Crippen molar-refractivity contribution < 1.29 is 32.6 Å². The molecule has 20 heavy (non-hydrogen) atoms. The number of hydrogen-bond acceptors (Lipinski definition) is 6. The van der Waals surface area contributed by atoms with Crippen LogP contribution in [-0.4, -0.2) is 70.1 Å². The van der Waals surface area contributed by atoms with Crippen molar-refractivity contribution in [2.24, 2.45) is 0 Å². The van der Waals surface area contributed by atoms with Gasteiger partial charge in [-0.3, -0.25) is 4.55 Å². The maximum absolute atomic E-state index is 8.96. The van der Waals surface area contributed by atoms with Gasteiger partial charge in [-0.2, -0.15) is 0 Å². The molecule has 0 spiro atoms. The lowest BCUT2D eigenvalue weighted by atomic mass is 10.2. The highest BCUT2D eigenvalue weighted by atomic mass is 32.3. The second-order valence-corrected chi connectivity index (χ2v) is 5.43. The zero-order valence-corrected chi connectivity index (χ0v) is 12.9. The van der Waals surface area contributed by atoms with Gasteiger partial charge in [0.2, 0.25) is 10.4 Å². The summed E-state index contributed by atoms with van der Waals surface area (Å²) in [7, 11) is -4.92. The van der Waals surface area contributed by atoms with E-state index < -0.39 is 10.4 Å². The molecule has 1 aliphatic heterocycles. The van der Waals surface area contributed by atoms with E-state index in [2.05, 4.69) is 13.0 Å². The molecule has 1 heterocycles. The SMILES string of the molecule is CC1=CC(C)N(CCO)C(=S)[NH+]1CCO.O=S(=O)([O-])O. The third-order valence-corrected chi connectivity index (χ3v) is 3.16. The topological polar surface area (TPSA) is 126 Å². The number of thiocarbonyl (C=S) groups is 1. The number of quaternary nitrogens is 1. The summed E-state index contributed by atoms with van der Waals surface area (Å²) < 4.78 is 32.8. The highest BCUT2D eigenvalue weighted by Crippen LogP contribution is 2.06. The molecule has 2 unspecified atom stereocenters. The number of β-amino-alcohol motifs (C(OH)–C–C–N with tert-alkyl or cyclic N) is 1. The van der Waals surface area contributed by atoms with E-state index in [4.69, 9.17) is 40.0 Å². The molecule has 0 aromatic heterocycles. The number of aliphatic hydroxyl groups is 2. The number of allylic oxidation sites excluding steroid dienone is 1. The second kappa shape index (κ2) is 8.62. The molecular formula is C10H20N2O6S2. The van der Waals surface area contributed by atoms with Crippen molar-refractivity contribution in [3.63, 3.8) is 0 Å².